The van der Waals surface area contributed by atoms with Crippen LogP contribution >= 0.6 is 0 Å². The molecule has 6 rings (SSSR count). The molecule has 6 atom stereocenters. The molecule has 3 aliphatic rings. The van der Waals surface area contributed by atoms with Crippen molar-refractivity contribution in [1.82, 2.24) is 10.2 Å². The van der Waals surface area contributed by atoms with Crippen LogP contribution in [0.3, 0.4) is 0 Å². The highest BCUT2D eigenvalue weighted by molar-refractivity contribution is 6.03. The van der Waals surface area contributed by atoms with Crippen LogP contribution in [0.2, 0.25) is 0 Å². The number of nitro benzene ring substituents is 1. The topological polar surface area (TPSA) is 182 Å². The Balaban J connectivity index is 1.42. The first-order valence-electron chi connectivity index (χ1n) is 31.0. The minimum atomic E-state index is -1.55. The van der Waals surface area contributed by atoms with Crippen LogP contribution in [0.15, 0.2) is 96.2 Å². The van der Waals surface area contributed by atoms with E-state index >= 15 is 4.79 Å². The third kappa shape index (κ3) is 19.5. The number of allylic oxidation sites excluding steroid dienone is 1. The zero-order chi connectivity index (χ0) is 57.7. The van der Waals surface area contributed by atoms with Gasteiger partial charge >= 0.3 is 6.09 Å². The predicted molar refractivity (Wildman–Crippen MR) is 318 cm³/mol. The number of rotatable bonds is 40. The van der Waals surface area contributed by atoms with E-state index in [4.69, 9.17) is 24.2 Å². The van der Waals surface area contributed by atoms with E-state index in [9.17, 15) is 29.5 Å². The molecule has 81 heavy (non-hydrogen) atoms. The maximum Gasteiger partial charge on any atom is 0.412 e. The summed E-state index contributed by atoms with van der Waals surface area (Å²) in [5.74, 6) is -2.32. The summed E-state index contributed by atoms with van der Waals surface area (Å²) in [6, 6.07) is 17.0. The highest BCUT2D eigenvalue weighted by Gasteiger charge is 2.65. The molecule has 0 unspecified atom stereocenters. The number of unbranched alkanes of at least 4 members (excludes halogenated alkanes) is 19. The fourth-order valence-electron chi connectivity index (χ4n) is 12.4. The molecule has 3 N–H and O–H groups in total. The molecule has 1 aliphatic heterocycles. The van der Waals surface area contributed by atoms with Crippen LogP contribution in [-0.4, -0.2) is 75.9 Å². The van der Waals surface area contributed by atoms with Gasteiger partial charge in [0, 0.05) is 62.8 Å². The molecule has 1 heterocycles. The Hall–Kier alpha value is -5.64. The zero-order valence-electron chi connectivity index (χ0n) is 48.8. The normalized spacial score (nSPS) is 20.4. The van der Waals surface area contributed by atoms with Gasteiger partial charge in [-0.15, -0.1) is 6.58 Å². The molecule has 0 radical (unpaired) electrons. The molecule has 0 saturated heterocycles. The molecule has 0 bridgehead atoms. The number of ether oxygens (including phenoxy) is 3. The maximum atomic E-state index is 15.4. The van der Waals surface area contributed by atoms with Crippen molar-refractivity contribution in [3.63, 3.8) is 0 Å². The van der Waals surface area contributed by atoms with E-state index in [1.54, 1.807) is 36.4 Å². The van der Waals surface area contributed by atoms with E-state index in [0.717, 1.165) is 74.5 Å². The molecule has 3 aromatic carbocycles. The second-order valence-corrected chi connectivity index (χ2v) is 22.7. The molecule has 2 amide bonds. The number of carbonyl (C=O) groups excluding carboxylic acids is 2. The molecule has 1 saturated carbocycles. The van der Waals surface area contributed by atoms with Gasteiger partial charge in [0.05, 0.1) is 23.2 Å². The van der Waals surface area contributed by atoms with Crippen LogP contribution < -0.4 is 14.8 Å². The highest BCUT2D eigenvalue weighted by atomic mass is 19.1. The lowest BCUT2D eigenvalue weighted by atomic mass is 9.55. The summed E-state index contributed by atoms with van der Waals surface area (Å²) in [4.78, 5) is 48.1. The van der Waals surface area contributed by atoms with Crippen molar-refractivity contribution >= 4 is 23.4 Å². The molecular weight excluding hydrogens is 1030 g/mol. The van der Waals surface area contributed by atoms with Crippen molar-refractivity contribution in [3.8, 4) is 11.5 Å². The van der Waals surface area contributed by atoms with Crippen LogP contribution in [-0.2, 0) is 27.5 Å². The third-order valence-corrected chi connectivity index (χ3v) is 16.7. The van der Waals surface area contributed by atoms with Crippen molar-refractivity contribution < 1.29 is 48.2 Å². The highest BCUT2D eigenvalue weighted by Crippen LogP contribution is 2.62. The Kier molecular flexibility index (Phi) is 28.2. The smallest absolute Gasteiger partial charge is 0.412 e. The number of non-ortho nitro benzene ring substituents is 1. The fourth-order valence-corrected chi connectivity index (χ4v) is 12.4. The van der Waals surface area contributed by atoms with Crippen LogP contribution in [0.25, 0.3) is 0 Å². The Labute approximate surface area is 482 Å². The van der Waals surface area contributed by atoms with Gasteiger partial charge in [0.15, 0.2) is 0 Å². The van der Waals surface area contributed by atoms with Crippen LogP contribution in [0.5, 0.6) is 11.5 Å². The number of nitrogens with one attached hydrogen (secondary N) is 1. The summed E-state index contributed by atoms with van der Waals surface area (Å²) in [7, 11) is 0. The van der Waals surface area contributed by atoms with Crippen molar-refractivity contribution in [1.29, 1.82) is 0 Å². The van der Waals surface area contributed by atoms with Crippen LogP contribution in [0, 0.1) is 33.7 Å². The lowest BCUT2D eigenvalue weighted by molar-refractivity contribution is -0.384. The minimum absolute atomic E-state index is 0.00742. The van der Waals surface area contributed by atoms with Crippen molar-refractivity contribution in [3.05, 3.63) is 124 Å². The number of nitrogens with zero attached hydrogens (tertiary/aromatic N) is 3. The average molecular weight is 1120 g/mol. The number of oxime groups is 1. The standard InChI is InChI=1S/C66H95FN4O10/c1-4-7-9-11-13-15-17-19-21-25-41-68-65(75)80-55-39-40-60-58(46-55)63-56(29-24-27-43-73)52(28-23-26-42-72)45-57-59(69-79-49-51-33-37-54(38-34-51)71(76)77)47-61(66(81-60,64(57)63)78-44-6-3)70(48-50-31-35-53(67)36-32-50)62(74)30-22-20-18-16-14-12-10-8-5-2/h6,31-40,45-46,52,56,61,63-64,72-73H,3-5,7-30,41-44,47-49H2,1-2H3,(H,68,75)/t52-,56+,61-,63+,64+,66+/m0/s1. The first kappa shape index (κ1) is 64.5. The van der Waals surface area contributed by atoms with Gasteiger partial charge in [-0.1, -0.05) is 165 Å². The van der Waals surface area contributed by atoms with Gasteiger partial charge in [0.2, 0.25) is 11.7 Å². The number of nitro groups is 1. The zero-order valence-corrected chi connectivity index (χ0v) is 48.8. The van der Waals surface area contributed by atoms with E-state index in [0.29, 0.717) is 55.0 Å². The molecule has 0 spiro atoms. The molecule has 15 heteroatoms. The Morgan fingerprint density at radius 2 is 1.41 bits per heavy atom. The number of carbonyl (C=O) groups is 2. The molecule has 3 aromatic rings. The second-order valence-electron chi connectivity index (χ2n) is 22.7. The summed E-state index contributed by atoms with van der Waals surface area (Å²) in [6.07, 6.45) is 29.6. The molecule has 1 fully saturated rings. The van der Waals surface area contributed by atoms with E-state index in [2.05, 4.69) is 31.8 Å². The Morgan fingerprint density at radius 3 is 2.02 bits per heavy atom. The number of aliphatic hydroxyl groups excluding tert-OH is 2. The monoisotopic (exact) mass is 1120 g/mol. The number of hydrogen-bond donors (Lipinski definition) is 3. The van der Waals surface area contributed by atoms with Gasteiger partial charge in [0.25, 0.3) is 5.69 Å². The van der Waals surface area contributed by atoms with E-state index in [1.807, 2.05) is 17.0 Å². The quantitative estimate of drug-likeness (QED) is 0.0214. The predicted octanol–water partition coefficient (Wildman–Crippen LogP) is 15.5. The van der Waals surface area contributed by atoms with Crippen molar-refractivity contribution in [2.75, 3.05) is 26.4 Å². The van der Waals surface area contributed by atoms with Crippen LogP contribution in [0.1, 0.15) is 210 Å². The lowest BCUT2D eigenvalue weighted by Gasteiger charge is -2.60. The third-order valence-electron chi connectivity index (χ3n) is 16.7. The number of benzene rings is 3. The summed E-state index contributed by atoms with van der Waals surface area (Å²) < 4.78 is 35.4. The van der Waals surface area contributed by atoms with Gasteiger partial charge in [-0.2, -0.15) is 0 Å². The minimum Gasteiger partial charge on any atom is -0.459 e. The average Bonchev–Trinajstić information content (AvgIpc) is 1.42. The summed E-state index contributed by atoms with van der Waals surface area (Å²) in [5, 5.41) is 39.7. The number of aliphatic hydroxyl groups is 2. The maximum absolute atomic E-state index is 15.4. The molecular formula is C66H95FN4O10. The fraction of sp³-hybridized carbons (Fsp3) is 0.621. The van der Waals surface area contributed by atoms with Gasteiger partial charge in [-0.25, -0.2) is 9.18 Å². The largest absolute Gasteiger partial charge is 0.459 e. The molecule has 0 aromatic heterocycles. The summed E-state index contributed by atoms with van der Waals surface area (Å²) in [6.45, 7) is 9.30. The number of halogens is 1. The van der Waals surface area contributed by atoms with E-state index in [-0.39, 0.29) is 75.2 Å². The van der Waals surface area contributed by atoms with Crippen LogP contribution in [0.4, 0.5) is 14.9 Å². The molecule has 2 aliphatic carbocycles. The van der Waals surface area contributed by atoms with E-state index < -0.39 is 34.6 Å². The van der Waals surface area contributed by atoms with Crippen molar-refractivity contribution in [2.45, 2.75) is 218 Å². The van der Waals surface area contributed by atoms with Gasteiger partial charge < -0.3 is 39.5 Å². The summed E-state index contributed by atoms with van der Waals surface area (Å²) in [5.41, 5.74) is 3.58. The number of fused-ring (bicyclic) bond motifs is 2. The number of amides is 2. The van der Waals surface area contributed by atoms with E-state index in [1.165, 1.54) is 101 Å². The first-order valence-corrected chi connectivity index (χ1v) is 31.0. The van der Waals surface area contributed by atoms with Crippen molar-refractivity contribution in [2.24, 2.45) is 22.9 Å². The molecule has 446 valence electrons. The Bertz CT molecular complexity index is 2430. The lowest BCUT2D eigenvalue weighted by Crippen LogP contribution is -2.70. The molecule has 14 nitrogen and oxygen atoms in total. The number of hydrogen-bond acceptors (Lipinski definition) is 11. The van der Waals surface area contributed by atoms with Gasteiger partial charge in [-0.05, 0) is 110 Å². The Morgan fingerprint density at radius 1 is 0.802 bits per heavy atom. The summed E-state index contributed by atoms with van der Waals surface area (Å²) >= 11 is 0. The van der Waals surface area contributed by atoms with Gasteiger partial charge in [-0.3, -0.25) is 14.9 Å². The first-order chi connectivity index (χ1) is 39.6. The SMILES string of the molecule is C=CCO[C@@]12Oc3ccc(OC(=O)NCCCCCCCCCCCC)cc3[C@H]3[C@H](CCCCO)[C@@H](CCCCO)C=C(C(=NOCc4ccc([N+](=O)[O-])cc4)C[C@@H]1N(Cc1ccc(F)cc1)C(=O)CCCCCCCCCCC)[C@H]32. The second kappa shape index (κ2) is 35.4. The van der Waals surface area contributed by atoms with Gasteiger partial charge in [0.1, 0.15) is 30.0 Å².